The monoisotopic (exact) mass is 207 g/mol. The Labute approximate surface area is 84.7 Å². The highest BCUT2D eigenvalue weighted by Crippen LogP contribution is 2.33. The Bertz CT molecular complexity index is 458. The third-order valence-electron chi connectivity index (χ3n) is 2.24. The molecule has 0 spiro atoms. The van der Waals surface area contributed by atoms with Crippen molar-refractivity contribution in [1.29, 1.82) is 0 Å². The summed E-state index contributed by atoms with van der Waals surface area (Å²) >= 11 is 1.73. The molecule has 0 unspecified atom stereocenters. The third-order valence-corrected chi connectivity index (χ3v) is 3.20. The number of hydrogen-bond acceptors (Lipinski definition) is 4. The van der Waals surface area contributed by atoms with E-state index in [1.54, 1.807) is 24.2 Å². The smallest absolute Gasteiger partial charge is 0.170 e. The van der Waals surface area contributed by atoms with Crippen molar-refractivity contribution in [1.82, 2.24) is 19.5 Å². The molecule has 0 saturated heterocycles. The molecule has 3 heterocycles. The van der Waals surface area contributed by atoms with E-state index < -0.39 is 0 Å². The molecule has 3 N–H and O–H groups in total. The molecule has 0 amide bonds. The van der Waals surface area contributed by atoms with Gasteiger partial charge in [-0.05, 0) is 0 Å². The van der Waals surface area contributed by atoms with Crippen molar-refractivity contribution in [2.24, 2.45) is 0 Å². The fourth-order valence-corrected chi connectivity index (χ4v) is 2.53. The highest BCUT2D eigenvalue weighted by molar-refractivity contribution is 7.99. The number of nitrogens with two attached hydrogens (primary N) is 1. The third kappa shape index (κ3) is 0.971. The molecule has 0 aromatic carbocycles. The van der Waals surface area contributed by atoms with Crippen LogP contribution in [-0.4, -0.2) is 25.3 Å². The van der Waals surface area contributed by atoms with Gasteiger partial charge in [-0.2, -0.15) is 0 Å². The molecule has 6 heteroatoms. The maximum absolute atomic E-state index is 5.97. The summed E-state index contributed by atoms with van der Waals surface area (Å²) in [6.45, 7) is 0.944. The van der Waals surface area contributed by atoms with Crippen LogP contribution in [0.3, 0.4) is 0 Å². The minimum Gasteiger partial charge on any atom is -0.383 e. The van der Waals surface area contributed by atoms with Crippen molar-refractivity contribution in [3.63, 3.8) is 0 Å². The number of imidazole rings is 2. The van der Waals surface area contributed by atoms with E-state index in [4.69, 9.17) is 5.73 Å². The first kappa shape index (κ1) is 7.93. The normalized spacial score (nSPS) is 14.6. The average molecular weight is 207 g/mol. The van der Waals surface area contributed by atoms with Gasteiger partial charge in [0.15, 0.2) is 11.0 Å². The molecule has 1 aliphatic heterocycles. The lowest BCUT2D eigenvalue weighted by Crippen LogP contribution is -2.00. The van der Waals surface area contributed by atoms with Gasteiger partial charge in [0.25, 0.3) is 0 Å². The second-order valence-electron chi connectivity index (χ2n) is 3.07. The van der Waals surface area contributed by atoms with Crippen LogP contribution < -0.4 is 5.73 Å². The summed E-state index contributed by atoms with van der Waals surface area (Å²) in [5.74, 6) is 2.51. The van der Waals surface area contributed by atoms with Crippen LogP contribution in [0.1, 0.15) is 0 Å². The van der Waals surface area contributed by atoms with E-state index in [0.717, 1.165) is 29.0 Å². The van der Waals surface area contributed by atoms with Crippen LogP contribution in [0.15, 0.2) is 17.6 Å². The quantitative estimate of drug-likeness (QED) is 0.730. The van der Waals surface area contributed by atoms with Gasteiger partial charge in [0.1, 0.15) is 11.5 Å². The fraction of sp³-hybridized carbons (Fsp3) is 0.250. The van der Waals surface area contributed by atoms with E-state index in [1.807, 2.05) is 4.57 Å². The number of nitrogens with zero attached hydrogens (tertiary/aromatic N) is 3. The molecule has 0 radical (unpaired) electrons. The highest BCUT2D eigenvalue weighted by atomic mass is 32.2. The van der Waals surface area contributed by atoms with Gasteiger partial charge < -0.3 is 15.3 Å². The molecule has 0 saturated carbocycles. The highest BCUT2D eigenvalue weighted by Gasteiger charge is 2.21. The van der Waals surface area contributed by atoms with E-state index in [0.29, 0.717) is 5.82 Å². The molecular formula is C8H9N5S. The van der Waals surface area contributed by atoms with Crippen LogP contribution in [-0.2, 0) is 6.54 Å². The Morgan fingerprint density at radius 3 is 3.21 bits per heavy atom. The van der Waals surface area contributed by atoms with Gasteiger partial charge >= 0.3 is 0 Å². The number of anilines is 1. The Balaban J connectivity index is 2.17. The van der Waals surface area contributed by atoms with Crippen LogP contribution >= 0.6 is 11.8 Å². The Kier molecular flexibility index (Phi) is 1.57. The molecular weight excluding hydrogens is 198 g/mol. The van der Waals surface area contributed by atoms with Crippen LogP contribution in [0.25, 0.3) is 11.5 Å². The lowest BCUT2D eigenvalue weighted by Gasteiger charge is -1.98. The first-order valence-electron chi connectivity index (χ1n) is 4.35. The van der Waals surface area contributed by atoms with Gasteiger partial charge in [-0.1, -0.05) is 11.8 Å². The molecule has 0 bridgehead atoms. The Hall–Kier alpha value is -1.43. The van der Waals surface area contributed by atoms with Crippen molar-refractivity contribution >= 4 is 17.6 Å². The van der Waals surface area contributed by atoms with Crippen LogP contribution in [0.2, 0.25) is 0 Å². The van der Waals surface area contributed by atoms with Gasteiger partial charge in [-0.3, -0.25) is 0 Å². The number of H-pyrrole nitrogens is 1. The molecule has 0 aliphatic carbocycles. The number of thioether (sulfide) groups is 1. The predicted molar refractivity (Wildman–Crippen MR) is 54.9 cm³/mol. The minimum atomic E-state index is 0.708. The maximum atomic E-state index is 5.97. The summed E-state index contributed by atoms with van der Waals surface area (Å²) in [7, 11) is 0. The molecule has 14 heavy (non-hydrogen) atoms. The van der Waals surface area contributed by atoms with Gasteiger partial charge in [0.2, 0.25) is 0 Å². The lowest BCUT2D eigenvalue weighted by molar-refractivity contribution is 0.729. The first-order chi connectivity index (χ1) is 6.86. The number of aromatic amines is 1. The molecule has 1 aliphatic rings. The predicted octanol–water partition coefficient (Wildman–Crippen LogP) is 0.961. The molecule has 3 rings (SSSR count). The van der Waals surface area contributed by atoms with E-state index in [2.05, 4.69) is 15.0 Å². The topological polar surface area (TPSA) is 72.5 Å². The largest absolute Gasteiger partial charge is 0.383 e. The lowest BCUT2D eigenvalue weighted by atomic mass is 10.4. The molecule has 72 valence electrons. The van der Waals surface area contributed by atoms with E-state index in [1.165, 1.54) is 0 Å². The zero-order valence-electron chi connectivity index (χ0n) is 7.40. The van der Waals surface area contributed by atoms with Crippen molar-refractivity contribution in [3.05, 3.63) is 12.4 Å². The van der Waals surface area contributed by atoms with Crippen molar-refractivity contribution in [2.75, 3.05) is 11.5 Å². The molecule has 2 aromatic rings. The summed E-state index contributed by atoms with van der Waals surface area (Å²) in [5, 5.41) is 0.994. The van der Waals surface area contributed by atoms with Crippen molar-refractivity contribution < 1.29 is 0 Å². The number of aromatic nitrogens is 4. The Morgan fingerprint density at radius 2 is 2.50 bits per heavy atom. The second kappa shape index (κ2) is 2.78. The van der Waals surface area contributed by atoms with E-state index in [-0.39, 0.29) is 0 Å². The molecule has 2 aromatic heterocycles. The number of hydrogen-bond donors (Lipinski definition) is 2. The Morgan fingerprint density at radius 1 is 1.57 bits per heavy atom. The SMILES string of the molecule is Nc1c(-c2ncc[nH]2)nc2n1CCS2. The average Bonchev–Trinajstić information content (AvgIpc) is 2.84. The van der Waals surface area contributed by atoms with Crippen molar-refractivity contribution in [3.8, 4) is 11.5 Å². The molecule has 5 nitrogen and oxygen atoms in total. The van der Waals surface area contributed by atoms with Crippen LogP contribution in [0.4, 0.5) is 5.82 Å². The van der Waals surface area contributed by atoms with E-state index >= 15 is 0 Å². The van der Waals surface area contributed by atoms with Crippen LogP contribution in [0.5, 0.6) is 0 Å². The zero-order chi connectivity index (χ0) is 9.54. The van der Waals surface area contributed by atoms with Gasteiger partial charge in [0.05, 0.1) is 0 Å². The summed E-state index contributed by atoms with van der Waals surface area (Å²) in [6.07, 6.45) is 3.47. The van der Waals surface area contributed by atoms with Gasteiger partial charge in [-0.15, -0.1) is 0 Å². The summed E-state index contributed by atoms with van der Waals surface area (Å²) in [4.78, 5) is 11.6. The first-order valence-corrected chi connectivity index (χ1v) is 5.33. The number of nitrogen functional groups attached to an aromatic ring is 1. The number of fused-ring (bicyclic) bond motifs is 1. The van der Waals surface area contributed by atoms with Gasteiger partial charge in [-0.25, -0.2) is 9.97 Å². The summed E-state index contributed by atoms with van der Waals surface area (Å²) in [6, 6.07) is 0. The molecule has 0 fully saturated rings. The summed E-state index contributed by atoms with van der Waals surface area (Å²) < 4.78 is 2.03. The van der Waals surface area contributed by atoms with Crippen LogP contribution in [0, 0.1) is 0 Å². The van der Waals surface area contributed by atoms with Crippen molar-refractivity contribution in [2.45, 2.75) is 11.7 Å². The number of rotatable bonds is 1. The maximum Gasteiger partial charge on any atom is 0.170 e. The number of nitrogens with one attached hydrogen (secondary N) is 1. The summed E-state index contributed by atoms with van der Waals surface area (Å²) in [5.41, 5.74) is 6.73. The molecule has 0 atom stereocenters. The minimum absolute atomic E-state index is 0.708. The standard InChI is InChI=1S/C8H9N5S/c9-6-5(7-10-1-2-11-7)12-8-13(6)3-4-14-8/h1-2H,3-4,9H2,(H,10,11). The second-order valence-corrected chi connectivity index (χ2v) is 4.13. The fourth-order valence-electron chi connectivity index (χ4n) is 1.57. The zero-order valence-corrected chi connectivity index (χ0v) is 8.21. The van der Waals surface area contributed by atoms with Gasteiger partial charge in [0, 0.05) is 24.7 Å². The van der Waals surface area contributed by atoms with E-state index in [9.17, 15) is 0 Å².